The van der Waals surface area contributed by atoms with Crippen molar-refractivity contribution < 1.29 is 9.00 Å². The highest BCUT2D eigenvalue weighted by Gasteiger charge is 2.16. The van der Waals surface area contributed by atoms with Crippen LogP contribution >= 0.6 is 11.3 Å². The zero-order chi connectivity index (χ0) is 17.3. The number of hydrogen-bond donors (Lipinski definition) is 1. The molecule has 0 radical (unpaired) electrons. The molecule has 0 saturated heterocycles. The average Bonchev–Trinajstić information content (AvgIpc) is 3.16. The molecular weight excluding hydrogens is 348 g/mol. The first kappa shape index (κ1) is 16.4. The number of aryl methyl sites for hydroxylation is 2. The molecule has 1 unspecified atom stereocenters. The van der Waals surface area contributed by atoms with E-state index in [1.54, 1.807) is 12.3 Å². The number of anilines is 1. The highest BCUT2D eigenvalue weighted by molar-refractivity contribution is 7.84. The van der Waals surface area contributed by atoms with Gasteiger partial charge in [0, 0.05) is 24.3 Å². The molecule has 0 spiro atoms. The molecule has 1 amide bonds. The van der Waals surface area contributed by atoms with E-state index in [-0.39, 0.29) is 11.2 Å². The van der Waals surface area contributed by atoms with Gasteiger partial charge in [0.15, 0.2) is 5.13 Å². The number of nitrogens with zero attached hydrogens (tertiary/aromatic N) is 5. The van der Waals surface area contributed by atoms with E-state index in [0.717, 1.165) is 16.3 Å². The monoisotopic (exact) mass is 362 g/mol. The predicted octanol–water partition coefficient (Wildman–Crippen LogP) is 2.23. The summed E-state index contributed by atoms with van der Waals surface area (Å²) in [4.78, 5) is 29.5. The maximum Gasteiger partial charge on any atom is 0.333 e. The first-order valence-electron chi connectivity index (χ1n) is 6.90. The second-order valence-electron chi connectivity index (χ2n) is 4.96. The maximum atomic E-state index is 12.0. The number of hydrogen-bond acceptors (Lipinski definition) is 7. The summed E-state index contributed by atoms with van der Waals surface area (Å²) in [6.45, 7) is 3.65. The minimum Gasteiger partial charge on any atom is -0.283 e. The lowest BCUT2D eigenvalue weighted by Gasteiger charge is -2.02. The van der Waals surface area contributed by atoms with E-state index >= 15 is 0 Å². The molecule has 0 aromatic carbocycles. The molecule has 3 rings (SSSR count). The summed E-state index contributed by atoms with van der Waals surface area (Å²) in [5.74, 6) is 0. The Morgan fingerprint density at radius 1 is 1.29 bits per heavy atom. The number of aromatic nitrogens is 5. The Morgan fingerprint density at radius 3 is 2.75 bits per heavy atom. The standard InChI is InChI=1S/C14H14N6O2S2/c1-8-6-10(18-13(16-8)24(3)22)11-9(2)17-12(23-11)19-14(21)20-5-4-15-7-20/h4-7H,1-3H3,(H,17,19,21). The minimum absolute atomic E-state index is 0.279. The third-order valence-electron chi connectivity index (χ3n) is 3.07. The summed E-state index contributed by atoms with van der Waals surface area (Å²) >= 11 is 1.30. The van der Waals surface area contributed by atoms with Crippen LogP contribution < -0.4 is 5.32 Å². The lowest BCUT2D eigenvalue weighted by molar-refractivity contribution is 0.253. The van der Waals surface area contributed by atoms with E-state index in [1.165, 1.54) is 34.7 Å². The highest BCUT2D eigenvalue weighted by Crippen LogP contribution is 2.32. The summed E-state index contributed by atoms with van der Waals surface area (Å²) in [6, 6.07) is 1.46. The number of rotatable bonds is 3. The van der Waals surface area contributed by atoms with Crippen LogP contribution in [0, 0.1) is 13.8 Å². The molecule has 1 N–H and O–H groups in total. The van der Waals surface area contributed by atoms with Crippen molar-refractivity contribution in [1.29, 1.82) is 0 Å². The van der Waals surface area contributed by atoms with Crippen molar-refractivity contribution in [2.24, 2.45) is 0 Å². The van der Waals surface area contributed by atoms with Crippen LogP contribution in [0.4, 0.5) is 9.93 Å². The largest absolute Gasteiger partial charge is 0.333 e. The van der Waals surface area contributed by atoms with Crippen LogP contribution in [0.2, 0.25) is 0 Å². The normalized spacial score (nSPS) is 12.1. The van der Waals surface area contributed by atoms with Gasteiger partial charge >= 0.3 is 6.03 Å². The molecule has 3 aromatic heterocycles. The summed E-state index contributed by atoms with van der Waals surface area (Å²) in [6.07, 6.45) is 6.02. The molecule has 124 valence electrons. The van der Waals surface area contributed by atoms with Gasteiger partial charge in [0.1, 0.15) is 6.33 Å². The van der Waals surface area contributed by atoms with Gasteiger partial charge < -0.3 is 0 Å². The van der Waals surface area contributed by atoms with Crippen LogP contribution in [0.3, 0.4) is 0 Å². The topological polar surface area (TPSA) is 103 Å². The minimum atomic E-state index is -1.27. The van der Waals surface area contributed by atoms with Gasteiger partial charge in [-0.1, -0.05) is 11.3 Å². The van der Waals surface area contributed by atoms with Gasteiger partial charge in [0.25, 0.3) is 0 Å². The van der Waals surface area contributed by atoms with Gasteiger partial charge in [-0.3, -0.25) is 14.1 Å². The SMILES string of the molecule is Cc1cc(-c2sc(NC(=O)n3ccnc3)nc2C)nc(S(C)=O)n1. The molecule has 0 saturated carbocycles. The van der Waals surface area contributed by atoms with Crippen molar-refractivity contribution in [1.82, 2.24) is 24.5 Å². The number of carbonyl (C=O) groups excluding carboxylic acids is 1. The zero-order valence-electron chi connectivity index (χ0n) is 13.2. The van der Waals surface area contributed by atoms with Gasteiger partial charge in [-0.25, -0.2) is 24.7 Å². The summed E-state index contributed by atoms with van der Waals surface area (Å²) in [5, 5.41) is 3.45. The molecular formula is C14H14N6O2S2. The summed E-state index contributed by atoms with van der Waals surface area (Å²) < 4.78 is 13.0. The van der Waals surface area contributed by atoms with E-state index in [4.69, 9.17) is 0 Å². The van der Waals surface area contributed by atoms with Gasteiger partial charge in [-0.2, -0.15) is 0 Å². The molecule has 10 heteroatoms. The molecule has 0 aliphatic carbocycles. The quantitative estimate of drug-likeness (QED) is 0.717. The van der Waals surface area contributed by atoms with Crippen LogP contribution in [0.1, 0.15) is 11.4 Å². The van der Waals surface area contributed by atoms with Crippen molar-refractivity contribution in [2.45, 2.75) is 19.0 Å². The number of nitrogens with one attached hydrogen (secondary N) is 1. The Kier molecular flexibility index (Phi) is 4.49. The Balaban J connectivity index is 1.92. The van der Waals surface area contributed by atoms with Gasteiger partial charge in [0.05, 0.1) is 27.1 Å². The molecule has 3 aromatic rings. The van der Waals surface area contributed by atoms with E-state index < -0.39 is 10.8 Å². The molecule has 24 heavy (non-hydrogen) atoms. The van der Waals surface area contributed by atoms with E-state index in [0.29, 0.717) is 10.8 Å². The Hall–Kier alpha value is -2.46. The second-order valence-corrected chi connectivity index (χ2v) is 7.24. The van der Waals surface area contributed by atoms with Crippen molar-refractivity contribution in [2.75, 3.05) is 11.6 Å². The van der Waals surface area contributed by atoms with Crippen LogP contribution in [-0.2, 0) is 10.8 Å². The number of thiazole rings is 1. The first-order valence-corrected chi connectivity index (χ1v) is 9.27. The Morgan fingerprint density at radius 2 is 2.08 bits per heavy atom. The Labute approximate surface area is 144 Å². The Bertz CT molecular complexity index is 920. The molecule has 8 nitrogen and oxygen atoms in total. The van der Waals surface area contributed by atoms with Crippen molar-refractivity contribution in [3.63, 3.8) is 0 Å². The lowest BCUT2D eigenvalue weighted by Crippen LogP contribution is -2.17. The molecule has 0 aliphatic rings. The third-order valence-corrected chi connectivity index (χ3v) is 4.86. The average molecular weight is 362 g/mol. The van der Waals surface area contributed by atoms with Crippen molar-refractivity contribution in [3.05, 3.63) is 36.2 Å². The van der Waals surface area contributed by atoms with Crippen LogP contribution in [0.25, 0.3) is 10.6 Å². The molecule has 0 fully saturated rings. The maximum absolute atomic E-state index is 12.0. The van der Waals surface area contributed by atoms with E-state index in [2.05, 4.69) is 25.3 Å². The van der Waals surface area contributed by atoms with Crippen LogP contribution in [-0.4, -0.2) is 41.0 Å². The smallest absolute Gasteiger partial charge is 0.283 e. The van der Waals surface area contributed by atoms with E-state index in [9.17, 15) is 9.00 Å². The number of amides is 1. The fourth-order valence-electron chi connectivity index (χ4n) is 2.01. The van der Waals surface area contributed by atoms with Crippen LogP contribution in [0.15, 0.2) is 29.9 Å². The fraction of sp³-hybridized carbons (Fsp3) is 0.214. The molecule has 3 heterocycles. The van der Waals surface area contributed by atoms with Gasteiger partial charge in [-0.15, -0.1) is 0 Å². The van der Waals surface area contributed by atoms with Crippen molar-refractivity contribution >= 4 is 33.3 Å². The first-order chi connectivity index (χ1) is 11.4. The number of imidazole rings is 1. The molecule has 0 bridgehead atoms. The van der Waals surface area contributed by atoms with Gasteiger partial charge in [0.2, 0.25) is 5.16 Å². The molecule has 0 aliphatic heterocycles. The van der Waals surface area contributed by atoms with Gasteiger partial charge in [-0.05, 0) is 19.9 Å². The van der Waals surface area contributed by atoms with Crippen LogP contribution in [0.5, 0.6) is 0 Å². The lowest BCUT2D eigenvalue weighted by atomic mass is 10.2. The van der Waals surface area contributed by atoms with Crippen molar-refractivity contribution in [3.8, 4) is 10.6 Å². The predicted molar refractivity (Wildman–Crippen MR) is 91.6 cm³/mol. The fourth-order valence-corrected chi connectivity index (χ4v) is 3.43. The zero-order valence-corrected chi connectivity index (χ0v) is 14.8. The third kappa shape index (κ3) is 3.39. The number of carbonyl (C=O) groups is 1. The second kappa shape index (κ2) is 6.57. The van der Waals surface area contributed by atoms with E-state index in [1.807, 2.05) is 13.8 Å². The highest BCUT2D eigenvalue weighted by atomic mass is 32.2. The summed E-state index contributed by atoms with van der Waals surface area (Å²) in [5.41, 5.74) is 2.10. The molecule has 1 atom stereocenters. The summed E-state index contributed by atoms with van der Waals surface area (Å²) in [7, 11) is -1.27.